The summed E-state index contributed by atoms with van der Waals surface area (Å²) in [5, 5.41) is 5.72. The predicted molar refractivity (Wildman–Crippen MR) is 86.8 cm³/mol. The van der Waals surface area contributed by atoms with Crippen molar-refractivity contribution in [2.45, 2.75) is 6.92 Å². The molecule has 0 radical (unpaired) electrons. The van der Waals surface area contributed by atoms with Gasteiger partial charge in [0, 0.05) is 31.9 Å². The number of hydrogen-bond acceptors (Lipinski definition) is 4. The number of benzene rings is 1. The molecule has 0 aromatic heterocycles. The first kappa shape index (κ1) is 16.3. The molecule has 2 rings (SSSR count). The second-order valence-corrected chi connectivity index (χ2v) is 5.68. The van der Waals surface area contributed by atoms with Gasteiger partial charge in [-0.1, -0.05) is 12.1 Å². The highest BCUT2D eigenvalue weighted by molar-refractivity contribution is 5.86. The lowest BCUT2D eigenvalue weighted by Gasteiger charge is -2.32. The zero-order chi connectivity index (χ0) is 15.9. The molecule has 120 valence electrons. The number of aryl methyl sites for hydroxylation is 1. The highest BCUT2D eigenvalue weighted by Gasteiger charge is 2.19. The first-order valence-electron chi connectivity index (χ1n) is 7.58. The molecule has 2 amide bonds. The second-order valence-electron chi connectivity index (χ2n) is 5.68. The topological polar surface area (TPSA) is 64.7 Å². The maximum Gasteiger partial charge on any atom is 0.242 e. The van der Waals surface area contributed by atoms with E-state index in [0.29, 0.717) is 0 Å². The zero-order valence-corrected chi connectivity index (χ0v) is 13.3. The number of piperazine rings is 1. The van der Waals surface area contributed by atoms with E-state index >= 15 is 0 Å². The van der Waals surface area contributed by atoms with Gasteiger partial charge in [0.25, 0.3) is 0 Å². The number of nitrogens with zero attached hydrogens (tertiary/aromatic N) is 2. The van der Waals surface area contributed by atoms with Gasteiger partial charge >= 0.3 is 0 Å². The maximum atomic E-state index is 12.0. The Morgan fingerprint density at radius 2 is 1.86 bits per heavy atom. The molecule has 6 heteroatoms. The number of carbonyl (C=O) groups is 2. The number of rotatable bonds is 5. The molecule has 1 fully saturated rings. The number of anilines is 1. The van der Waals surface area contributed by atoms with E-state index in [1.54, 1.807) is 4.90 Å². The Labute approximate surface area is 131 Å². The Bertz CT molecular complexity index is 525. The summed E-state index contributed by atoms with van der Waals surface area (Å²) >= 11 is 0. The van der Waals surface area contributed by atoms with Crippen LogP contribution in [0.15, 0.2) is 24.3 Å². The SMILES string of the molecule is Cc1cccc(NCC(=O)NCC(=O)N2CCN(C)CC2)c1. The third-order valence-electron chi connectivity index (χ3n) is 3.76. The van der Waals surface area contributed by atoms with Gasteiger partial charge in [-0.25, -0.2) is 0 Å². The van der Waals surface area contributed by atoms with Crippen LogP contribution < -0.4 is 10.6 Å². The summed E-state index contributed by atoms with van der Waals surface area (Å²) in [6, 6.07) is 7.82. The summed E-state index contributed by atoms with van der Waals surface area (Å²) in [7, 11) is 2.04. The standard InChI is InChI=1S/C16H24N4O2/c1-13-4-3-5-14(10-13)17-11-15(21)18-12-16(22)20-8-6-19(2)7-9-20/h3-5,10,17H,6-9,11-12H2,1-2H3,(H,18,21). The van der Waals surface area contributed by atoms with Gasteiger partial charge in [-0.2, -0.15) is 0 Å². The molecule has 1 aliphatic rings. The van der Waals surface area contributed by atoms with E-state index in [2.05, 4.69) is 15.5 Å². The van der Waals surface area contributed by atoms with E-state index < -0.39 is 0 Å². The van der Waals surface area contributed by atoms with Gasteiger partial charge in [0.2, 0.25) is 11.8 Å². The number of likely N-dealkylation sites (N-methyl/N-ethyl adjacent to an activating group) is 1. The average molecular weight is 304 g/mol. The Morgan fingerprint density at radius 1 is 1.14 bits per heavy atom. The molecule has 1 aromatic rings. The average Bonchev–Trinajstić information content (AvgIpc) is 2.51. The third kappa shape index (κ3) is 5.04. The molecule has 0 aliphatic carbocycles. The lowest BCUT2D eigenvalue weighted by molar-refractivity contribution is -0.133. The minimum absolute atomic E-state index is 0.0167. The van der Waals surface area contributed by atoms with Crippen molar-refractivity contribution in [1.82, 2.24) is 15.1 Å². The van der Waals surface area contributed by atoms with Crippen LogP contribution in [0.5, 0.6) is 0 Å². The summed E-state index contributed by atoms with van der Waals surface area (Å²) < 4.78 is 0. The minimum atomic E-state index is -0.177. The third-order valence-corrected chi connectivity index (χ3v) is 3.76. The molecule has 2 N–H and O–H groups in total. The molecule has 22 heavy (non-hydrogen) atoms. The van der Waals surface area contributed by atoms with Crippen molar-refractivity contribution < 1.29 is 9.59 Å². The normalized spacial score (nSPS) is 15.5. The van der Waals surface area contributed by atoms with Gasteiger partial charge in [0.05, 0.1) is 13.1 Å². The van der Waals surface area contributed by atoms with Gasteiger partial charge < -0.3 is 20.4 Å². The number of carbonyl (C=O) groups excluding carboxylic acids is 2. The van der Waals surface area contributed by atoms with Crippen LogP contribution in [-0.4, -0.2) is 67.9 Å². The zero-order valence-electron chi connectivity index (χ0n) is 13.3. The lowest BCUT2D eigenvalue weighted by atomic mass is 10.2. The van der Waals surface area contributed by atoms with E-state index in [4.69, 9.17) is 0 Å². The van der Waals surface area contributed by atoms with Gasteiger partial charge in [0.1, 0.15) is 0 Å². The molecule has 1 saturated heterocycles. The molecule has 1 heterocycles. The molecule has 1 aromatic carbocycles. The van der Waals surface area contributed by atoms with E-state index in [0.717, 1.165) is 37.4 Å². The Hall–Kier alpha value is -2.08. The molecular weight excluding hydrogens is 280 g/mol. The van der Waals surface area contributed by atoms with Crippen molar-refractivity contribution in [3.8, 4) is 0 Å². The molecule has 6 nitrogen and oxygen atoms in total. The lowest BCUT2D eigenvalue weighted by Crippen LogP contribution is -2.50. The highest BCUT2D eigenvalue weighted by atomic mass is 16.2. The summed E-state index contributed by atoms with van der Waals surface area (Å²) in [5.41, 5.74) is 2.04. The van der Waals surface area contributed by atoms with Crippen LogP contribution in [0.2, 0.25) is 0 Å². The van der Waals surface area contributed by atoms with Crippen molar-refractivity contribution in [2.75, 3.05) is 51.6 Å². The van der Waals surface area contributed by atoms with Crippen LogP contribution in [0.4, 0.5) is 5.69 Å². The van der Waals surface area contributed by atoms with E-state index in [1.807, 2.05) is 38.2 Å². The number of hydrogen-bond donors (Lipinski definition) is 2. The molecule has 1 aliphatic heterocycles. The molecular formula is C16H24N4O2. The Kier molecular flexibility index (Phi) is 5.77. The number of amides is 2. The fraction of sp³-hybridized carbons (Fsp3) is 0.500. The van der Waals surface area contributed by atoms with Gasteiger partial charge in [0.15, 0.2) is 0 Å². The maximum absolute atomic E-state index is 12.0. The first-order valence-corrected chi connectivity index (χ1v) is 7.58. The molecule has 0 spiro atoms. The van der Waals surface area contributed by atoms with Crippen LogP contribution in [0.25, 0.3) is 0 Å². The first-order chi connectivity index (χ1) is 10.5. The van der Waals surface area contributed by atoms with Crippen molar-refractivity contribution in [1.29, 1.82) is 0 Å². The van der Waals surface area contributed by atoms with Crippen LogP contribution >= 0.6 is 0 Å². The largest absolute Gasteiger partial charge is 0.376 e. The van der Waals surface area contributed by atoms with Crippen molar-refractivity contribution in [3.05, 3.63) is 29.8 Å². The Balaban J connectivity index is 1.68. The van der Waals surface area contributed by atoms with Gasteiger partial charge in [-0.3, -0.25) is 9.59 Å². The van der Waals surface area contributed by atoms with Crippen LogP contribution in [0.3, 0.4) is 0 Å². The molecule has 0 bridgehead atoms. The van der Waals surface area contributed by atoms with Gasteiger partial charge in [-0.05, 0) is 31.7 Å². The summed E-state index contributed by atoms with van der Waals surface area (Å²) in [4.78, 5) is 27.8. The highest BCUT2D eigenvalue weighted by Crippen LogP contribution is 2.08. The summed E-state index contributed by atoms with van der Waals surface area (Å²) in [6.07, 6.45) is 0. The van der Waals surface area contributed by atoms with E-state index in [9.17, 15) is 9.59 Å². The smallest absolute Gasteiger partial charge is 0.242 e. The molecule has 0 unspecified atom stereocenters. The predicted octanol–water partition coefficient (Wildman–Crippen LogP) is 0.297. The minimum Gasteiger partial charge on any atom is -0.376 e. The molecule has 0 atom stereocenters. The van der Waals surface area contributed by atoms with Gasteiger partial charge in [-0.15, -0.1) is 0 Å². The second kappa shape index (κ2) is 7.79. The van der Waals surface area contributed by atoms with Crippen molar-refractivity contribution >= 4 is 17.5 Å². The number of nitrogens with one attached hydrogen (secondary N) is 2. The Morgan fingerprint density at radius 3 is 2.55 bits per heavy atom. The quantitative estimate of drug-likeness (QED) is 0.821. The van der Waals surface area contributed by atoms with Crippen LogP contribution in [0.1, 0.15) is 5.56 Å². The monoisotopic (exact) mass is 304 g/mol. The summed E-state index contributed by atoms with van der Waals surface area (Å²) in [6.45, 7) is 5.46. The molecule has 0 saturated carbocycles. The fourth-order valence-electron chi connectivity index (χ4n) is 2.34. The van der Waals surface area contributed by atoms with Crippen LogP contribution in [0, 0.1) is 6.92 Å². The van der Waals surface area contributed by atoms with Crippen molar-refractivity contribution in [3.63, 3.8) is 0 Å². The van der Waals surface area contributed by atoms with Crippen molar-refractivity contribution in [2.24, 2.45) is 0 Å². The van der Waals surface area contributed by atoms with E-state index in [1.165, 1.54) is 0 Å². The fourth-order valence-corrected chi connectivity index (χ4v) is 2.34. The van der Waals surface area contributed by atoms with Crippen LogP contribution in [-0.2, 0) is 9.59 Å². The van der Waals surface area contributed by atoms with E-state index in [-0.39, 0.29) is 24.9 Å². The summed E-state index contributed by atoms with van der Waals surface area (Å²) in [5.74, 6) is -0.194.